The lowest BCUT2D eigenvalue weighted by Gasteiger charge is -2.12. The molecule has 0 aliphatic rings. The normalized spacial score (nSPS) is 11.2. The Labute approximate surface area is 125 Å². The molecule has 0 atom stereocenters. The Morgan fingerprint density at radius 1 is 1.20 bits per heavy atom. The second kappa shape index (κ2) is 5.82. The molecular formula is C11H9Cl2N3O3S. The van der Waals surface area contributed by atoms with Crippen LogP contribution < -0.4 is 9.46 Å². The number of hydrogen-bond acceptors (Lipinski definition) is 5. The van der Waals surface area contributed by atoms with Gasteiger partial charge in [-0.25, -0.2) is 23.1 Å². The number of aromatic nitrogens is 2. The van der Waals surface area contributed by atoms with Gasteiger partial charge in [0.2, 0.25) is 5.95 Å². The first-order valence-corrected chi connectivity index (χ1v) is 7.51. The van der Waals surface area contributed by atoms with E-state index in [-0.39, 0.29) is 26.6 Å². The van der Waals surface area contributed by atoms with Gasteiger partial charge in [0, 0.05) is 17.4 Å². The summed E-state index contributed by atoms with van der Waals surface area (Å²) in [7, 11) is -2.66. The van der Waals surface area contributed by atoms with E-state index >= 15 is 0 Å². The lowest BCUT2D eigenvalue weighted by Crippen LogP contribution is -2.16. The maximum Gasteiger partial charge on any atom is 0.268 e. The Morgan fingerprint density at radius 2 is 1.85 bits per heavy atom. The summed E-state index contributed by atoms with van der Waals surface area (Å²) in [6.07, 6.45) is 2.82. The van der Waals surface area contributed by atoms with Crippen molar-refractivity contribution in [3.63, 3.8) is 0 Å². The number of halogens is 2. The molecule has 0 unspecified atom stereocenters. The summed E-state index contributed by atoms with van der Waals surface area (Å²) in [5.41, 5.74) is 0. The standard InChI is InChI=1S/C11H9Cl2N3O3S/c1-19-10-8(13)5-7(12)6-9(10)20(17,18)16-11-14-3-2-4-15-11/h2-6H,1H3,(H,14,15,16). The van der Waals surface area contributed by atoms with Gasteiger partial charge in [-0.1, -0.05) is 23.2 Å². The van der Waals surface area contributed by atoms with E-state index in [1.54, 1.807) is 6.07 Å². The maximum atomic E-state index is 12.3. The lowest BCUT2D eigenvalue weighted by molar-refractivity contribution is 0.403. The minimum atomic E-state index is -3.97. The van der Waals surface area contributed by atoms with Crippen LogP contribution in [0.5, 0.6) is 5.75 Å². The van der Waals surface area contributed by atoms with Crippen LogP contribution in [0.4, 0.5) is 5.95 Å². The third-order valence-corrected chi connectivity index (χ3v) is 4.09. The molecule has 0 spiro atoms. The Balaban J connectivity index is 2.49. The van der Waals surface area contributed by atoms with Crippen molar-refractivity contribution in [3.05, 3.63) is 40.6 Å². The van der Waals surface area contributed by atoms with Crippen LogP contribution >= 0.6 is 23.2 Å². The summed E-state index contributed by atoms with van der Waals surface area (Å²) in [5, 5.41) is 0.263. The van der Waals surface area contributed by atoms with Crippen molar-refractivity contribution in [1.82, 2.24) is 9.97 Å². The van der Waals surface area contributed by atoms with E-state index in [9.17, 15) is 8.42 Å². The predicted molar refractivity (Wildman–Crippen MR) is 75.9 cm³/mol. The monoisotopic (exact) mass is 333 g/mol. The van der Waals surface area contributed by atoms with Crippen molar-refractivity contribution in [2.45, 2.75) is 4.90 Å². The third kappa shape index (κ3) is 3.12. The molecule has 0 saturated heterocycles. The molecule has 0 aliphatic carbocycles. The average molecular weight is 334 g/mol. The Morgan fingerprint density at radius 3 is 2.45 bits per heavy atom. The van der Waals surface area contributed by atoms with Crippen LogP contribution in [0.15, 0.2) is 35.5 Å². The molecule has 1 heterocycles. The highest BCUT2D eigenvalue weighted by Crippen LogP contribution is 2.35. The van der Waals surface area contributed by atoms with Gasteiger partial charge in [-0.15, -0.1) is 0 Å². The second-order valence-electron chi connectivity index (χ2n) is 3.60. The SMILES string of the molecule is COc1c(Cl)cc(Cl)cc1S(=O)(=O)Nc1ncccn1. The van der Waals surface area contributed by atoms with Crippen molar-refractivity contribution < 1.29 is 13.2 Å². The predicted octanol–water partition coefficient (Wildman–Crippen LogP) is 2.59. The molecule has 6 nitrogen and oxygen atoms in total. The first-order valence-electron chi connectivity index (χ1n) is 5.27. The number of benzene rings is 1. The molecule has 106 valence electrons. The molecule has 0 radical (unpaired) electrons. The molecule has 0 aliphatic heterocycles. The van der Waals surface area contributed by atoms with E-state index in [4.69, 9.17) is 27.9 Å². The van der Waals surface area contributed by atoms with Gasteiger partial charge in [-0.3, -0.25) is 0 Å². The average Bonchev–Trinajstić information content (AvgIpc) is 2.38. The molecule has 2 rings (SSSR count). The first kappa shape index (κ1) is 14.8. The van der Waals surface area contributed by atoms with Gasteiger partial charge in [0.25, 0.3) is 10.0 Å². The van der Waals surface area contributed by atoms with Crippen LogP contribution in [0.2, 0.25) is 10.0 Å². The summed E-state index contributed by atoms with van der Waals surface area (Å²) in [6.45, 7) is 0. The van der Waals surface area contributed by atoms with Crippen LogP contribution in [0.1, 0.15) is 0 Å². The highest BCUT2D eigenvalue weighted by molar-refractivity contribution is 7.92. The van der Waals surface area contributed by atoms with E-state index in [1.807, 2.05) is 0 Å². The zero-order chi connectivity index (χ0) is 14.8. The molecule has 0 fully saturated rings. The molecule has 1 aromatic carbocycles. The van der Waals surface area contributed by atoms with Gasteiger partial charge in [0.15, 0.2) is 5.75 Å². The summed E-state index contributed by atoms with van der Waals surface area (Å²) >= 11 is 11.7. The van der Waals surface area contributed by atoms with E-state index in [1.165, 1.54) is 31.6 Å². The van der Waals surface area contributed by atoms with Crippen molar-refractivity contribution in [3.8, 4) is 5.75 Å². The quantitative estimate of drug-likeness (QED) is 0.929. The molecular weight excluding hydrogens is 325 g/mol. The first-order chi connectivity index (χ1) is 9.44. The van der Waals surface area contributed by atoms with Crippen molar-refractivity contribution in [2.75, 3.05) is 11.8 Å². The van der Waals surface area contributed by atoms with E-state index in [0.29, 0.717) is 0 Å². The summed E-state index contributed by atoms with van der Waals surface area (Å²) in [6, 6.07) is 4.19. The lowest BCUT2D eigenvalue weighted by atomic mass is 10.3. The number of ether oxygens (including phenoxy) is 1. The van der Waals surface area contributed by atoms with Gasteiger partial charge in [0.1, 0.15) is 4.90 Å². The summed E-state index contributed by atoms with van der Waals surface area (Å²) in [4.78, 5) is 7.37. The Hall–Kier alpha value is -1.57. The third-order valence-electron chi connectivity index (χ3n) is 2.26. The molecule has 9 heteroatoms. The van der Waals surface area contributed by atoms with Gasteiger partial charge < -0.3 is 4.74 Å². The summed E-state index contributed by atoms with van der Waals surface area (Å²) in [5.74, 6) is -0.0647. The topological polar surface area (TPSA) is 81.2 Å². The van der Waals surface area contributed by atoms with Crippen LogP contribution in [0.3, 0.4) is 0 Å². The molecule has 2 aromatic rings. The largest absolute Gasteiger partial charge is 0.494 e. The van der Waals surface area contributed by atoms with Crippen LogP contribution in [-0.4, -0.2) is 25.5 Å². The zero-order valence-corrected chi connectivity index (χ0v) is 12.5. The number of methoxy groups -OCH3 is 1. The van der Waals surface area contributed by atoms with Crippen LogP contribution in [-0.2, 0) is 10.0 Å². The van der Waals surface area contributed by atoms with Crippen LogP contribution in [0, 0.1) is 0 Å². The molecule has 1 aromatic heterocycles. The van der Waals surface area contributed by atoms with Crippen molar-refractivity contribution >= 4 is 39.2 Å². The fourth-order valence-corrected chi connectivity index (χ4v) is 3.33. The number of anilines is 1. The number of rotatable bonds is 4. The highest BCUT2D eigenvalue weighted by atomic mass is 35.5. The molecule has 1 N–H and O–H groups in total. The van der Waals surface area contributed by atoms with E-state index in [0.717, 1.165) is 0 Å². The second-order valence-corrected chi connectivity index (χ2v) is 6.09. The number of nitrogens with one attached hydrogen (secondary N) is 1. The molecule has 0 amide bonds. The van der Waals surface area contributed by atoms with Gasteiger partial charge in [-0.05, 0) is 18.2 Å². The Kier molecular flexibility index (Phi) is 4.32. The maximum absolute atomic E-state index is 12.3. The zero-order valence-electron chi connectivity index (χ0n) is 10.2. The van der Waals surface area contributed by atoms with Gasteiger partial charge >= 0.3 is 0 Å². The summed E-state index contributed by atoms with van der Waals surface area (Å²) < 4.78 is 31.8. The van der Waals surface area contributed by atoms with Gasteiger partial charge in [0.05, 0.1) is 12.1 Å². The van der Waals surface area contributed by atoms with E-state index in [2.05, 4.69) is 14.7 Å². The van der Waals surface area contributed by atoms with E-state index < -0.39 is 10.0 Å². The van der Waals surface area contributed by atoms with Crippen molar-refractivity contribution in [2.24, 2.45) is 0 Å². The number of hydrogen-bond donors (Lipinski definition) is 1. The van der Waals surface area contributed by atoms with Gasteiger partial charge in [-0.2, -0.15) is 0 Å². The molecule has 20 heavy (non-hydrogen) atoms. The van der Waals surface area contributed by atoms with Crippen molar-refractivity contribution in [1.29, 1.82) is 0 Å². The smallest absolute Gasteiger partial charge is 0.268 e. The fraction of sp³-hybridized carbons (Fsp3) is 0.0909. The Bertz CT molecular complexity index is 723. The fourth-order valence-electron chi connectivity index (χ4n) is 1.46. The highest BCUT2D eigenvalue weighted by Gasteiger charge is 2.23. The number of nitrogens with zero attached hydrogens (tertiary/aromatic N) is 2. The molecule has 0 saturated carbocycles. The minimum absolute atomic E-state index is 0.000465. The molecule has 0 bridgehead atoms. The minimum Gasteiger partial charge on any atom is -0.494 e. The van der Waals surface area contributed by atoms with Crippen LogP contribution in [0.25, 0.3) is 0 Å². The number of sulfonamides is 1.